The summed E-state index contributed by atoms with van der Waals surface area (Å²) in [5.74, 6) is 0.198. The predicted octanol–water partition coefficient (Wildman–Crippen LogP) is 4.03. The molecule has 2 N–H and O–H groups in total. The Balaban J connectivity index is 1.94. The Morgan fingerprint density at radius 2 is 1.96 bits per heavy atom. The minimum Gasteiger partial charge on any atom is -0.493 e. The van der Waals surface area contributed by atoms with Crippen LogP contribution in [-0.2, 0) is 0 Å². The number of carbonyl (C=O) groups excluding carboxylic acids is 1. The molecule has 0 fully saturated rings. The van der Waals surface area contributed by atoms with Gasteiger partial charge in [-0.1, -0.05) is 35.9 Å². The number of para-hydroxylation sites is 1. The molecule has 1 atom stereocenters. The van der Waals surface area contributed by atoms with Crippen molar-refractivity contribution in [3.8, 4) is 5.75 Å². The number of ether oxygens (including phenoxy) is 1. The van der Waals surface area contributed by atoms with E-state index in [9.17, 15) is 4.79 Å². The molecule has 134 valence electrons. The van der Waals surface area contributed by atoms with E-state index in [0.29, 0.717) is 16.7 Å². The first-order valence-corrected chi connectivity index (χ1v) is 8.44. The van der Waals surface area contributed by atoms with Gasteiger partial charge in [0.05, 0.1) is 13.2 Å². The van der Waals surface area contributed by atoms with Crippen molar-refractivity contribution in [2.24, 2.45) is 0 Å². The molecule has 26 heavy (non-hydrogen) atoms. The Bertz CT molecular complexity index is 1040. The number of aryl methyl sites for hydroxylation is 2. The molecule has 1 amide bonds. The van der Waals surface area contributed by atoms with Crippen LogP contribution in [0, 0.1) is 19.3 Å². The van der Waals surface area contributed by atoms with E-state index >= 15 is 0 Å². The monoisotopic (exact) mass is 350 g/mol. The zero-order valence-electron chi connectivity index (χ0n) is 15.3. The fourth-order valence-electron chi connectivity index (χ4n) is 3.04. The molecule has 0 saturated carbocycles. The van der Waals surface area contributed by atoms with Gasteiger partial charge in [-0.3, -0.25) is 10.2 Å². The number of methoxy groups -OCH3 is 1. The smallest absolute Gasteiger partial charge is 0.257 e. The van der Waals surface area contributed by atoms with Crippen LogP contribution in [0.4, 0.5) is 0 Å². The summed E-state index contributed by atoms with van der Waals surface area (Å²) in [5, 5.41) is 11.8. The minimum atomic E-state index is -0.336. The van der Waals surface area contributed by atoms with E-state index in [1.807, 2.05) is 45.0 Å². The van der Waals surface area contributed by atoms with Gasteiger partial charge in [0.1, 0.15) is 5.56 Å². The van der Waals surface area contributed by atoms with Crippen LogP contribution in [0.2, 0.25) is 0 Å². The van der Waals surface area contributed by atoms with Crippen molar-refractivity contribution >= 4 is 16.9 Å². The summed E-state index contributed by atoms with van der Waals surface area (Å²) < 4.78 is 10.8. The van der Waals surface area contributed by atoms with Gasteiger partial charge in [-0.25, -0.2) is 0 Å². The standard InChI is InChI=1S/C21H22N2O3/c1-12-8-9-13(2)16(10-12)14(3)23-21(24)17-11-15-6-5-7-18(25-4)19(15)26-20(17)22/h5-11,14,22H,1-4H3,(H,23,24). The molecule has 5 nitrogen and oxygen atoms in total. The molecule has 1 unspecified atom stereocenters. The SMILES string of the molecule is COc1cccc2cc(C(=O)NC(C)c3cc(C)ccc3C)c(=N)oc12. The Kier molecular flexibility index (Phi) is 4.80. The molecule has 0 aliphatic heterocycles. The van der Waals surface area contributed by atoms with Crippen molar-refractivity contribution in [1.82, 2.24) is 5.32 Å². The summed E-state index contributed by atoms with van der Waals surface area (Å²) in [7, 11) is 1.54. The number of hydrogen-bond acceptors (Lipinski definition) is 4. The van der Waals surface area contributed by atoms with Crippen LogP contribution >= 0.6 is 0 Å². The Morgan fingerprint density at radius 1 is 1.19 bits per heavy atom. The van der Waals surface area contributed by atoms with Gasteiger partial charge in [-0.15, -0.1) is 0 Å². The molecule has 5 heteroatoms. The average Bonchev–Trinajstić information content (AvgIpc) is 2.62. The third kappa shape index (κ3) is 3.33. The number of nitrogens with one attached hydrogen (secondary N) is 2. The maximum absolute atomic E-state index is 12.7. The third-order valence-electron chi connectivity index (χ3n) is 4.47. The van der Waals surface area contributed by atoms with Gasteiger partial charge < -0.3 is 14.5 Å². The first-order valence-electron chi connectivity index (χ1n) is 8.44. The first kappa shape index (κ1) is 17.7. The van der Waals surface area contributed by atoms with Gasteiger partial charge in [-0.05, 0) is 44.0 Å². The largest absolute Gasteiger partial charge is 0.493 e. The van der Waals surface area contributed by atoms with E-state index in [-0.39, 0.29) is 23.1 Å². The molecule has 1 aromatic heterocycles. The summed E-state index contributed by atoms with van der Waals surface area (Å²) >= 11 is 0. The normalized spacial score (nSPS) is 12.0. The van der Waals surface area contributed by atoms with Gasteiger partial charge in [-0.2, -0.15) is 0 Å². The molecule has 3 aromatic rings. The lowest BCUT2D eigenvalue weighted by molar-refractivity contribution is 0.0935. The van der Waals surface area contributed by atoms with Crippen LogP contribution in [0.5, 0.6) is 5.75 Å². The van der Waals surface area contributed by atoms with Crippen molar-refractivity contribution in [2.75, 3.05) is 7.11 Å². The minimum absolute atomic E-state index is 0.178. The second-order valence-corrected chi connectivity index (χ2v) is 6.42. The number of rotatable bonds is 4. The summed E-state index contributed by atoms with van der Waals surface area (Å²) in [5.41, 5.74) is 3.78. The molecule has 0 aliphatic rings. The Morgan fingerprint density at radius 3 is 2.69 bits per heavy atom. The molecule has 0 aliphatic carbocycles. The Hall–Kier alpha value is -3.08. The highest BCUT2D eigenvalue weighted by atomic mass is 16.5. The molecule has 0 spiro atoms. The fraction of sp³-hybridized carbons (Fsp3) is 0.238. The quantitative estimate of drug-likeness (QED) is 0.746. The summed E-state index contributed by atoms with van der Waals surface area (Å²) in [6.07, 6.45) is 0. The zero-order chi connectivity index (χ0) is 18.8. The first-order chi connectivity index (χ1) is 12.4. The van der Waals surface area contributed by atoms with Crippen molar-refractivity contribution in [3.05, 3.63) is 70.3 Å². The second kappa shape index (κ2) is 7.04. The van der Waals surface area contributed by atoms with Gasteiger partial charge >= 0.3 is 0 Å². The number of benzene rings is 2. The van der Waals surface area contributed by atoms with Gasteiger partial charge in [0.25, 0.3) is 5.91 Å². The van der Waals surface area contributed by atoms with Crippen LogP contribution < -0.4 is 15.6 Å². The highest BCUT2D eigenvalue weighted by Gasteiger charge is 2.17. The average molecular weight is 350 g/mol. The number of hydrogen-bond donors (Lipinski definition) is 2. The van der Waals surface area contributed by atoms with Crippen molar-refractivity contribution < 1.29 is 13.9 Å². The summed E-state index contributed by atoms with van der Waals surface area (Å²) in [4.78, 5) is 12.7. The molecule has 0 bridgehead atoms. The summed E-state index contributed by atoms with van der Waals surface area (Å²) in [6, 6.07) is 13.0. The van der Waals surface area contributed by atoms with Gasteiger partial charge in [0.15, 0.2) is 11.3 Å². The lowest BCUT2D eigenvalue weighted by Gasteiger charge is -2.17. The molecule has 3 rings (SSSR count). The molecule has 1 heterocycles. The van der Waals surface area contributed by atoms with Crippen LogP contribution in [0.3, 0.4) is 0 Å². The second-order valence-electron chi connectivity index (χ2n) is 6.42. The lowest BCUT2D eigenvalue weighted by Crippen LogP contribution is -2.31. The van der Waals surface area contributed by atoms with E-state index in [0.717, 1.165) is 16.7 Å². The maximum atomic E-state index is 12.7. The van der Waals surface area contributed by atoms with Gasteiger partial charge in [0.2, 0.25) is 5.55 Å². The predicted molar refractivity (Wildman–Crippen MR) is 100 cm³/mol. The van der Waals surface area contributed by atoms with Crippen LogP contribution in [-0.4, -0.2) is 13.0 Å². The van der Waals surface area contributed by atoms with Crippen LogP contribution in [0.15, 0.2) is 46.9 Å². The van der Waals surface area contributed by atoms with E-state index in [1.165, 1.54) is 0 Å². The van der Waals surface area contributed by atoms with Crippen LogP contribution in [0.25, 0.3) is 11.0 Å². The van der Waals surface area contributed by atoms with Crippen molar-refractivity contribution in [2.45, 2.75) is 26.8 Å². The topological polar surface area (TPSA) is 75.3 Å². The maximum Gasteiger partial charge on any atom is 0.257 e. The molecule has 0 saturated heterocycles. The lowest BCUT2D eigenvalue weighted by atomic mass is 10.00. The number of amides is 1. The zero-order valence-corrected chi connectivity index (χ0v) is 15.3. The third-order valence-corrected chi connectivity index (χ3v) is 4.47. The highest BCUT2D eigenvalue weighted by Crippen LogP contribution is 2.25. The molecule has 2 aromatic carbocycles. The van der Waals surface area contributed by atoms with E-state index < -0.39 is 0 Å². The van der Waals surface area contributed by atoms with Gasteiger partial charge in [0, 0.05) is 5.39 Å². The number of fused-ring (bicyclic) bond motifs is 1. The highest BCUT2D eigenvalue weighted by molar-refractivity contribution is 5.97. The van der Waals surface area contributed by atoms with Crippen molar-refractivity contribution in [3.63, 3.8) is 0 Å². The number of carbonyl (C=O) groups is 1. The van der Waals surface area contributed by atoms with Crippen molar-refractivity contribution in [1.29, 1.82) is 5.41 Å². The molecular formula is C21H22N2O3. The summed E-state index contributed by atoms with van der Waals surface area (Å²) in [6.45, 7) is 5.98. The molecule has 0 radical (unpaired) electrons. The van der Waals surface area contributed by atoms with E-state index in [1.54, 1.807) is 19.2 Å². The van der Waals surface area contributed by atoms with E-state index in [4.69, 9.17) is 14.6 Å². The van der Waals surface area contributed by atoms with Crippen LogP contribution in [0.1, 0.15) is 40.0 Å². The Labute approximate surface area is 152 Å². The fourth-order valence-corrected chi connectivity index (χ4v) is 3.04. The van der Waals surface area contributed by atoms with E-state index in [2.05, 4.69) is 11.4 Å². The molecular weight excluding hydrogens is 328 g/mol.